The van der Waals surface area contributed by atoms with E-state index in [1.54, 1.807) is 42.3 Å². The summed E-state index contributed by atoms with van der Waals surface area (Å²) in [5.41, 5.74) is 8.49. The molecular weight excluding hydrogens is 574 g/mol. The third-order valence-electron chi connectivity index (χ3n) is 7.36. The van der Waals surface area contributed by atoms with Crippen molar-refractivity contribution in [3.05, 3.63) is 88.1 Å². The first-order valence-electron chi connectivity index (χ1n) is 13.4. The Morgan fingerprint density at radius 2 is 1.98 bits per heavy atom. The standard InChI is InChI=1S/C29H30ClN9O4/c1-16-4-3-5-25(22-10-17(8-9-33-22)27-23(36-28(16)41)13-35-37(27)2)38-15-34-21(12-26(38)40)19-11-18(30)6-7-24(19)39(32)14-20(31)29(42)43/h6-16,25H,3-5,31-32H2,1-2H3,(H,36,41)(H,42,43)/b20-14-. The van der Waals surface area contributed by atoms with Crippen molar-refractivity contribution in [2.45, 2.75) is 32.2 Å². The first-order valence-corrected chi connectivity index (χ1v) is 13.8. The smallest absolute Gasteiger partial charge is 0.353 e. The first kappa shape index (κ1) is 29.5. The minimum Gasteiger partial charge on any atom is -0.477 e. The Bertz CT molecular complexity index is 1800. The van der Waals surface area contributed by atoms with Gasteiger partial charge >= 0.3 is 5.97 Å². The summed E-state index contributed by atoms with van der Waals surface area (Å²) in [4.78, 5) is 47.0. The highest BCUT2D eigenvalue weighted by Gasteiger charge is 2.24. The fraction of sp³-hybridized carbons (Fsp3) is 0.241. The molecule has 1 aromatic carbocycles. The maximum Gasteiger partial charge on any atom is 0.353 e. The normalized spacial score (nSPS) is 17.3. The summed E-state index contributed by atoms with van der Waals surface area (Å²) in [6.45, 7) is 1.87. The van der Waals surface area contributed by atoms with E-state index in [9.17, 15) is 14.4 Å². The van der Waals surface area contributed by atoms with Crippen molar-refractivity contribution in [1.29, 1.82) is 0 Å². The molecule has 3 aromatic heterocycles. The lowest BCUT2D eigenvalue weighted by Crippen LogP contribution is -2.29. The van der Waals surface area contributed by atoms with Crippen LogP contribution in [-0.4, -0.2) is 41.3 Å². The number of carbonyl (C=O) groups excluding carboxylic acids is 1. The van der Waals surface area contributed by atoms with Crippen molar-refractivity contribution in [3.8, 4) is 22.5 Å². The number of pyridine rings is 1. The van der Waals surface area contributed by atoms with Crippen LogP contribution in [-0.2, 0) is 16.6 Å². The van der Waals surface area contributed by atoms with Crippen LogP contribution in [0.4, 0.5) is 11.4 Å². The molecule has 4 aromatic rings. The topological polar surface area (TPSA) is 187 Å². The minimum atomic E-state index is -1.34. The maximum atomic E-state index is 13.7. The molecule has 0 saturated heterocycles. The number of benzene rings is 1. The highest BCUT2D eigenvalue weighted by Crippen LogP contribution is 2.34. The fourth-order valence-corrected chi connectivity index (χ4v) is 5.26. The minimum absolute atomic E-state index is 0.102. The second-order valence-electron chi connectivity index (χ2n) is 10.3. The molecular formula is C29H30ClN9O4. The van der Waals surface area contributed by atoms with Gasteiger partial charge in [0.1, 0.15) is 5.70 Å². The maximum absolute atomic E-state index is 13.7. The molecule has 1 aliphatic rings. The number of carboxylic acid groups (broad SMARTS) is 1. The summed E-state index contributed by atoms with van der Waals surface area (Å²) in [6.07, 6.45) is 7.57. The molecule has 0 fully saturated rings. The van der Waals surface area contributed by atoms with Crippen LogP contribution in [0.3, 0.4) is 0 Å². The van der Waals surface area contributed by atoms with Gasteiger partial charge in [-0.3, -0.25) is 28.8 Å². The monoisotopic (exact) mass is 603 g/mol. The second-order valence-corrected chi connectivity index (χ2v) is 10.8. The van der Waals surface area contributed by atoms with E-state index >= 15 is 0 Å². The van der Waals surface area contributed by atoms with Gasteiger partial charge in [0, 0.05) is 41.4 Å². The Balaban J connectivity index is 1.58. The fourth-order valence-electron chi connectivity index (χ4n) is 5.09. The number of amides is 1. The first-order chi connectivity index (χ1) is 20.5. The molecule has 2 unspecified atom stereocenters. The summed E-state index contributed by atoms with van der Waals surface area (Å²) in [7, 11) is 1.80. The molecule has 43 heavy (non-hydrogen) atoms. The predicted octanol–water partition coefficient (Wildman–Crippen LogP) is 3.27. The molecule has 4 heterocycles. The number of anilines is 2. The Morgan fingerprint density at radius 3 is 2.72 bits per heavy atom. The summed E-state index contributed by atoms with van der Waals surface area (Å²) in [6, 6.07) is 9.34. The molecule has 0 aliphatic carbocycles. The Hall–Kier alpha value is -5.01. The number of nitrogens with one attached hydrogen (secondary N) is 1. The van der Waals surface area contributed by atoms with Gasteiger partial charge in [0.15, 0.2) is 0 Å². The van der Waals surface area contributed by atoms with E-state index in [0.29, 0.717) is 46.9 Å². The van der Waals surface area contributed by atoms with Gasteiger partial charge in [0.2, 0.25) is 5.91 Å². The number of hydrogen-bond acceptors (Lipinski definition) is 9. The number of nitrogens with zero attached hydrogens (tertiary/aromatic N) is 6. The molecule has 1 aliphatic heterocycles. The SMILES string of the molecule is CC1CCCC(n2cnc(-c3cc(Cl)ccc3N(N)/C=C(\N)C(=O)O)cc2=O)c2cc(ccn2)-c2c(cnn2C)NC1=O. The van der Waals surface area contributed by atoms with Gasteiger partial charge in [0.05, 0.1) is 53.2 Å². The number of hydrogen-bond donors (Lipinski definition) is 4. The van der Waals surface area contributed by atoms with Crippen LogP contribution in [0.5, 0.6) is 0 Å². The van der Waals surface area contributed by atoms with Gasteiger partial charge in [-0.25, -0.2) is 15.6 Å². The van der Waals surface area contributed by atoms with Crippen molar-refractivity contribution in [2.24, 2.45) is 24.5 Å². The third kappa shape index (κ3) is 6.12. The molecule has 2 bridgehead atoms. The second kappa shape index (κ2) is 12.1. The lowest BCUT2D eigenvalue weighted by Gasteiger charge is -2.22. The Labute approximate surface area is 251 Å². The van der Waals surface area contributed by atoms with E-state index in [1.807, 2.05) is 19.1 Å². The van der Waals surface area contributed by atoms with Crippen LogP contribution in [0, 0.1) is 5.92 Å². The molecule has 0 spiro atoms. The summed E-state index contributed by atoms with van der Waals surface area (Å²) in [5, 5.41) is 17.9. The predicted molar refractivity (Wildman–Crippen MR) is 162 cm³/mol. The number of rotatable bonds is 5. The van der Waals surface area contributed by atoms with Gasteiger partial charge in [0.25, 0.3) is 5.56 Å². The zero-order valence-corrected chi connectivity index (χ0v) is 24.2. The van der Waals surface area contributed by atoms with Crippen molar-refractivity contribution in [1.82, 2.24) is 24.3 Å². The van der Waals surface area contributed by atoms with Crippen LogP contribution in [0.2, 0.25) is 5.02 Å². The molecule has 2 atom stereocenters. The van der Waals surface area contributed by atoms with E-state index in [0.717, 1.165) is 22.5 Å². The molecule has 5 rings (SSSR count). The third-order valence-corrected chi connectivity index (χ3v) is 7.60. The molecule has 13 nitrogen and oxygen atoms in total. The van der Waals surface area contributed by atoms with E-state index in [2.05, 4.69) is 20.4 Å². The lowest BCUT2D eigenvalue weighted by atomic mass is 9.97. The Kier molecular flexibility index (Phi) is 8.28. The molecule has 1 amide bonds. The molecule has 6 N–H and O–H groups in total. The lowest BCUT2D eigenvalue weighted by molar-refractivity contribution is -0.132. The van der Waals surface area contributed by atoms with Crippen LogP contribution in [0.15, 0.2) is 71.8 Å². The van der Waals surface area contributed by atoms with Gasteiger partial charge in [-0.1, -0.05) is 24.9 Å². The van der Waals surface area contributed by atoms with Crippen LogP contribution in [0.25, 0.3) is 22.5 Å². The van der Waals surface area contributed by atoms with Gasteiger partial charge in [-0.05, 0) is 43.2 Å². The zero-order valence-electron chi connectivity index (χ0n) is 23.4. The molecule has 14 heteroatoms. The van der Waals surface area contributed by atoms with Crippen molar-refractivity contribution < 1.29 is 14.7 Å². The number of nitrogens with two attached hydrogens (primary N) is 2. The quantitative estimate of drug-likeness (QED) is 0.150. The summed E-state index contributed by atoms with van der Waals surface area (Å²) >= 11 is 6.26. The number of aliphatic carboxylic acids is 1. The number of hydrazine groups is 1. The van der Waals surface area contributed by atoms with E-state index < -0.39 is 17.7 Å². The average Bonchev–Trinajstić information content (AvgIpc) is 3.34. The number of aryl methyl sites for hydroxylation is 1. The highest BCUT2D eigenvalue weighted by molar-refractivity contribution is 6.31. The number of carboxylic acids is 1. The van der Waals surface area contributed by atoms with Crippen LogP contribution in [0.1, 0.15) is 37.9 Å². The number of carbonyl (C=O) groups is 2. The van der Waals surface area contributed by atoms with Crippen LogP contribution < -0.4 is 27.5 Å². The Morgan fingerprint density at radius 1 is 1.19 bits per heavy atom. The van der Waals surface area contributed by atoms with Gasteiger partial charge in [-0.2, -0.15) is 5.10 Å². The molecule has 222 valence electrons. The van der Waals surface area contributed by atoms with Gasteiger partial charge in [-0.15, -0.1) is 0 Å². The summed E-state index contributed by atoms with van der Waals surface area (Å²) < 4.78 is 3.20. The van der Waals surface area contributed by atoms with Gasteiger partial charge < -0.3 is 16.2 Å². The van der Waals surface area contributed by atoms with E-state index in [1.165, 1.54) is 17.0 Å². The molecule has 0 saturated carbocycles. The number of halogens is 1. The zero-order chi connectivity index (χ0) is 30.8. The summed E-state index contributed by atoms with van der Waals surface area (Å²) in [5.74, 6) is 4.40. The van der Waals surface area contributed by atoms with Crippen LogP contribution >= 0.6 is 11.6 Å². The average molecular weight is 604 g/mol. The number of fused-ring (bicyclic) bond motifs is 4. The molecule has 0 radical (unpaired) electrons. The van der Waals surface area contributed by atoms with Crippen molar-refractivity contribution in [3.63, 3.8) is 0 Å². The largest absolute Gasteiger partial charge is 0.477 e. The highest BCUT2D eigenvalue weighted by atomic mass is 35.5. The van der Waals surface area contributed by atoms with Crippen molar-refractivity contribution in [2.75, 3.05) is 10.3 Å². The van der Waals surface area contributed by atoms with E-state index in [-0.39, 0.29) is 23.1 Å². The van der Waals surface area contributed by atoms with E-state index in [4.69, 9.17) is 28.3 Å². The van der Waals surface area contributed by atoms with Crippen molar-refractivity contribution >= 4 is 34.9 Å². The number of aromatic nitrogens is 5.